The van der Waals surface area contributed by atoms with Gasteiger partial charge in [-0.3, -0.25) is 14.4 Å². The predicted octanol–water partition coefficient (Wildman–Crippen LogP) is 2.93. The highest BCUT2D eigenvalue weighted by molar-refractivity contribution is 5.95. The molecule has 2 N–H and O–H groups in total. The van der Waals surface area contributed by atoms with Gasteiger partial charge in [-0.05, 0) is 56.0 Å². The highest BCUT2D eigenvalue weighted by atomic mass is 16.5. The monoisotopic (exact) mass is 412 g/mol. The maximum atomic E-state index is 12.0. The third-order valence-electron chi connectivity index (χ3n) is 4.56. The van der Waals surface area contributed by atoms with Crippen LogP contribution in [0.25, 0.3) is 0 Å². The first kappa shape index (κ1) is 22.9. The molecule has 0 saturated carbocycles. The summed E-state index contributed by atoms with van der Waals surface area (Å²) in [5.74, 6) is -0.637. The van der Waals surface area contributed by atoms with E-state index in [-0.39, 0.29) is 18.9 Å². The van der Waals surface area contributed by atoms with Crippen LogP contribution in [-0.2, 0) is 25.5 Å². The Kier molecular flexibility index (Phi) is 8.87. The van der Waals surface area contributed by atoms with Crippen molar-refractivity contribution in [2.45, 2.75) is 33.6 Å². The quantitative estimate of drug-likeness (QED) is 0.585. The summed E-state index contributed by atoms with van der Waals surface area (Å²) >= 11 is 0. The van der Waals surface area contributed by atoms with Crippen LogP contribution in [0.15, 0.2) is 42.5 Å². The Bertz CT molecular complexity index is 895. The fourth-order valence-electron chi connectivity index (χ4n) is 2.77. The van der Waals surface area contributed by atoms with Crippen molar-refractivity contribution in [1.82, 2.24) is 5.32 Å². The minimum absolute atomic E-state index is 0.129. The molecule has 0 unspecified atom stereocenters. The minimum Gasteiger partial charge on any atom is -0.494 e. The van der Waals surface area contributed by atoms with E-state index in [1.165, 1.54) is 0 Å². The van der Waals surface area contributed by atoms with Crippen LogP contribution in [0.1, 0.15) is 30.0 Å². The van der Waals surface area contributed by atoms with E-state index >= 15 is 0 Å². The number of rotatable bonds is 10. The largest absolute Gasteiger partial charge is 0.494 e. The van der Waals surface area contributed by atoms with Gasteiger partial charge in [-0.1, -0.05) is 30.3 Å². The number of esters is 1. The SMILES string of the molecule is CCOc1ccccc1CCC(=O)OCC(=O)NCC(=O)Nc1cccc(C)c1C. The average Bonchev–Trinajstić information content (AvgIpc) is 2.73. The number of carbonyl (C=O) groups excluding carboxylic acids is 3. The third-order valence-corrected chi connectivity index (χ3v) is 4.56. The summed E-state index contributed by atoms with van der Waals surface area (Å²) in [6.45, 7) is 5.67. The van der Waals surface area contributed by atoms with Crippen molar-refractivity contribution >= 4 is 23.5 Å². The Hall–Kier alpha value is -3.35. The zero-order valence-electron chi connectivity index (χ0n) is 17.6. The fourth-order valence-corrected chi connectivity index (χ4v) is 2.77. The van der Waals surface area contributed by atoms with Gasteiger partial charge >= 0.3 is 5.97 Å². The van der Waals surface area contributed by atoms with E-state index in [1.54, 1.807) is 6.07 Å². The molecular formula is C23H28N2O5. The van der Waals surface area contributed by atoms with Crippen LogP contribution in [0, 0.1) is 13.8 Å². The van der Waals surface area contributed by atoms with Crippen molar-refractivity contribution in [3.05, 3.63) is 59.2 Å². The van der Waals surface area contributed by atoms with Gasteiger partial charge in [0.2, 0.25) is 5.91 Å². The van der Waals surface area contributed by atoms with Crippen molar-refractivity contribution in [2.24, 2.45) is 0 Å². The van der Waals surface area contributed by atoms with E-state index in [0.717, 1.165) is 22.4 Å². The van der Waals surface area contributed by atoms with Crippen LogP contribution in [-0.4, -0.2) is 37.5 Å². The van der Waals surface area contributed by atoms with Gasteiger partial charge in [0.15, 0.2) is 6.61 Å². The minimum atomic E-state index is -0.533. The molecule has 0 spiro atoms. The van der Waals surface area contributed by atoms with E-state index in [4.69, 9.17) is 9.47 Å². The third kappa shape index (κ3) is 7.24. The predicted molar refractivity (Wildman–Crippen MR) is 114 cm³/mol. The van der Waals surface area contributed by atoms with Gasteiger partial charge < -0.3 is 20.1 Å². The molecule has 2 aromatic carbocycles. The van der Waals surface area contributed by atoms with E-state index in [0.29, 0.717) is 18.7 Å². The van der Waals surface area contributed by atoms with Crippen LogP contribution < -0.4 is 15.4 Å². The van der Waals surface area contributed by atoms with Crippen molar-refractivity contribution in [3.8, 4) is 5.75 Å². The highest BCUT2D eigenvalue weighted by Gasteiger charge is 2.12. The number of anilines is 1. The molecule has 7 heteroatoms. The Morgan fingerprint density at radius 2 is 1.73 bits per heavy atom. The smallest absolute Gasteiger partial charge is 0.306 e. The summed E-state index contributed by atoms with van der Waals surface area (Å²) in [4.78, 5) is 35.8. The number of nitrogens with one attached hydrogen (secondary N) is 2. The summed E-state index contributed by atoms with van der Waals surface area (Å²) in [6, 6.07) is 13.1. The second-order valence-corrected chi connectivity index (χ2v) is 6.77. The second-order valence-electron chi connectivity index (χ2n) is 6.77. The molecule has 0 heterocycles. The van der Waals surface area contributed by atoms with Gasteiger partial charge in [0, 0.05) is 12.1 Å². The molecule has 0 aromatic heterocycles. The van der Waals surface area contributed by atoms with Crippen LogP contribution in [0.2, 0.25) is 0 Å². The maximum Gasteiger partial charge on any atom is 0.306 e. The molecule has 0 aliphatic rings. The van der Waals surface area contributed by atoms with Crippen molar-refractivity contribution in [3.63, 3.8) is 0 Å². The zero-order chi connectivity index (χ0) is 21.9. The molecule has 0 aliphatic heterocycles. The van der Waals surface area contributed by atoms with Crippen LogP contribution >= 0.6 is 0 Å². The molecule has 0 radical (unpaired) electrons. The van der Waals surface area contributed by atoms with Crippen LogP contribution in [0.3, 0.4) is 0 Å². The number of hydrogen-bond donors (Lipinski definition) is 2. The van der Waals surface area contributed by atoms with Gasteiger partial charge in [0.25, 0.3) is 5.91 Å². The van der Waals surface area contributed by atoms with E-state index < -0.39 is 18.5 Å². The first-order chi connectivity index (χ1) is 14.4. The summed E-state index contributed by atoms with van der Waals surface area (Å²) in [5.41, 5.74) is 3.64. The fraction of sp³-hybridized carbons (Fsp3) is 0.348. The van der Waals surface area contributed by atoms with E-state index in [9.17, 15) is 14.4 Å². The molecule has 0 atom stereocenters. The molecule has 160 valence electrons. The Balaban J connectivity index is 1.69. The number of hydrogen-bond acceptors (Lipinski definition) is 5. The summed E-state index contributed by atoms with van der Waals surface area (Å²) in [5, 5.41) is 5.20. The molecule has 2 amide bonds. The highest BCUT2D eigenvalue weighted by Crippen LogP contribution is 2.20. The molecule has 0 bridgehead atoms. The first-order valence-electron chi connectivity index (χ1n) is 9.89. The number of aryl methyl sites for hydroxylation is 2. The van der Waals surface area contributed by atoms with E-state index in [1.807, 2.05) is 57.2 Å². The molecule has 2 aromatic rings. The summed E-state index contributed by atoms with van der Waals surface area (Å²) in [6.07, 6.45) is 0.583. The van der Waals surface area contributed by atoms with E-state index in [2.05, 4.69) is 10.6 Å². The number of para-hydroxylation sites is 1. The molecular weight excluding hydrogens is 384 g/mol. The number of benzene rings is 2. The Morgan fingerprint density at radius 3 is 2.50 bits per heavy atom. The van der Waals surface area contributed by atoms with Crippen molar-refractivity contribution in [2.75, 3.05) is 25.1 Å². The van der Waals surface area contributed by atoms with Crippen molar-refractivity contribution < 1.29 is 23.9 Å². The standard InChI is InChI=1S/C23H28N2O5/c1-4-29-20-11-6-5-9-18(20)12-13-23(28)30-15-22(27)24-14-21(26)25-19-10-7-8-16(2)17(19)3/h5-11H,4,12-15H2,1-3H3,(H,24,27)(H,25,26). The molecule has 30 heavy (non-hydrogen) atoms. The van der Waals surface area contributed by atoms with Crippen LogP contribution in [0.4, 0.5) is 5.69 Å². The lowest BCUT2D eigenvalue weighted by molar-refractivity contribution is -0.148. The molecule has 0 saturated heterocycles. The average molecular weight is 412 g/mol. The van der Waals surface area contributed by atoms with Crippen LogP contribution in [0.5, 0.6) is 5.75 Å². The van der Waals surface area contributed by atoms with Crippen molar-refractivity contribution in [1.29, 1.82) is 0 Å². The second kappa shape index (κ2) is 11.6. The lowest BCUT2D eigenvalue weighted by Crippen LogP contribution is -2.35. The maximum absolute atomic E-state index is 12.0. The topological polar surface area (TPSA) is 93.7 Å². The lowest BCUT2D eigenvalue weighted by atomic mass is 10.1. The van der Waals surface area contributed by atoms with Gasteiger partial charge in [0.05, 0.1) is 13.2 Å². The molecule has 7 nitrogen and oxygen atoms in total. The van der Waals surface area contributed by atoms with Gasteiger partial charge in [-0.15, -0.1) is 0 Å². The summed E-state index contributed by atoms with van der Waals surface area (Å²) in [7, 11) is 0. The van der Waals surface area contributed by atoms with Gasteiger partial charge in [0.1, 0.15) is 5.75 Å². The first-order valence-corrected chi connectivity index (χ1v) is 9.89. The molecule has 2 rings (SSSR count). The lowest BCUT2D eigenvalue weighted by Gasteiger charge is -2.11. The summed E-state index contributed by atoms with van der Waals surface area (Å²) < 4.78 is 10.5. The molecule has 0 aliphatic carbocycles. The zero-order valence-corrected chi connectivity index (χ0v) is 17.6. The van der Waals surface area contributed by atoms with Gasteiger partial charge in [-0.2, -0.15) is 0 Å². The van der Waals surface area contributed by atoms with Gasteiger partial charge in [-0.25, -0.2) is 0 Å². The number of carbonyl (C=O) groups is 3. The molecule has 0 fully saturated rings. The normalized spacial score (nSPS) is 10.2. The Labute approximate surface area is 176 Å². The number of amides is 2. The Morgan fingerprint density at radius 1 is 0.967 bits per heavy atom. The number of ether oxygens (including phenoxy) is 2.